The Kier molecular flexibility index (Phi) is 3.87. The minimum absolute atomic E-state index is 0.106. The molecule has 0 bridgehead atoms. The van der Waals surface area contributed by atoms with Crippen molar-refractivity contribution in [1.82, 2.24) is 19.5 Å². The number of carbonyl (C=O) groups excluding carboxylic acids is 1. The number of amides is 1. The van der Waals surface area contributed by atoms with Crippen molar-refractivity contribution >= 4 is 11.6 Å². The Balaban J connectivity index is 1.67. The van der Waals surface area contributed by atoms with E-state index in [1.165, 1.54) is 4.52 Å². The minimum atomic E-state index is -0.149. The molecule has 0 saturated heterocycles. The van der Waals surface area contributed by atoms with Crippen LogP contribution in [-0.2, 0) is 13.0 Å². The van der Waals surface area contributed by atoms with Gasteiger partial charge >= 0.3 is 0 Å². The second kappa shape index (κ2) is 6.21. The summed E-state index contributed by atoms with van der Waals surface area (Å²) in [6, 6.07) is 6.80. The van der Waals surface area contributed by atoms with E-state index >= 15 is 0 Å². The first-order valence-corrected chi connectivity index (χ1v) is 8.21. The van der Waals surface area contributed by atoms with Crippen LogP contribution in [0.15, 0.2) is 35.3 Å². The monoisotopic (exact) mass is 354 g/mol. The van der Waals surface area contributed by atoms with Crippen LogP contribution >= 0.6 is 0 Å². The number of aromatic amines is 1. The normalized spacial score (nSPS) is 13.5. The molecule has 0 atom stereocenters. The van der Waals surface area contributed by atoms with E-state index in [0.717, 1.165) is 0 Å². The number of H-pyrrole nitrogens is 1. The molecule has 26 heavy (non-hydrogen) atoms. The fourth-order valence-corrected chi connectivity index (χ4v) is 3.22. The zero-order chi connectivity index (χ0) is 18.3. The number of nitrogens with one attached hydrogen (secondary N) is 1. The van der Waals surface area contributed by atoms with E-state index < -0.39 is 0 Å². The van der Waals surface area contributed by atoms with Crippen LogP contribution < -0.4 is 15.0 Å². The summed E-state index contributed by atoms with van der Waals surface area (Å²) >= 11 is 0. The van der Waals surface area contributed by atoms with Crippen LogP contribution in [-0.4, -0.2) is 46.2 Å². The molecule has 2 aromatic heterocycles. The molecule has 1 aliphatic heterocycles. The molecular weight excluding hydrogens is 336 g/mol. The molecule has 8 heteroatoms. The van der Waals surface area contributed by atoms with Gasteiger partial charge in [0.1, 0.15) is 11.5 Å². The number of hydrogen-bond donors (Lipinski definition) is 1. The Bertz CT molecular complexity index is 1030. The summed E-state index contributed by atoms with van der Waals surface area (Å²) in [5, 5.41) is 2.86. The summed E-state index contributed by atoms with van der Waals surface area (Å²) in [7, 11) is 3.08. The van der Waals surface area contributed by atoms with E-state index in [2.05, 4.69) is 10.1 Å². The first-order chi connectivity index (χ1) is 12.6. The third-order valence-electron chi connectivity index (χ3n) is 4.58. The van der Waals surface area contributed by atoms with Crippen LogP contribution in [0.25, 0.3) is 5.65 Å². The lowest BCUT2D eigenvalue weighted by Crippen LogP contribution is -2.39. The Labute approximate surface area is 149 Å². The number of benzene rings is 1. The molecule has 1 N–H and O–H groups in total. The maximum atomic E-state index is 12.9. The number of hydrogen-bond acceptors (Lipinski definition) is 5. The lowest BCUT2D eigenvalue weighted by Gasteiger charge is -2.28. The Morgan fingerprint density at radius 3 is 2.62 bits per heavy atom. The van der Waals surface area contributed by atoms with E-state index in [4.69, 9.17) is 9.47 Å². The zero-order valence-electron chi connectivity index (χ0n) is 14.5. The standard InChI is InChI=1S/C18H18N4O4/c1-25-12-7-11(8-13(9-12)26-2)17(23)21-6-4-14-15(10-21)20-16-3-5-19-22(16)18(14)24/h3,5,7-9,19H,4,6,10H2,1-2H3. The highest BCUT2D eigenvalue weighted by Gasteiger charge is 2.26. The lowest BCUT2D eigenvalue weighted by atomic mass is 10.0. The summed E-state index contributed by atoms with van der Waals surface area (Å²) in [4.78, 5) is 31.7. The smallest absolute Gasteiger partial charge is 0.276 e. The van der Waals surface area contributed by atoms with Gasteiger partial charge in [-0.15, -0.1) is 0 Å². The van der Waals surface area contributed by atoms with Gasteiger partial charge in [-0.3, -0.25) is 14.7 Å². The lowest BCUT2D eigenvalue weighted by molar-refractivity contribution is 0.0730. The number of methoxy groups -OCH3 is 2. The summed E-state index contributed by atoms with van der Waals surface area (Å²) in [5.74, 6) is 0.954. The van der Waals surface area contributed by atoms with E-state index in [0.29, 0.717) is 53.5 Å². The average Bonchev–Trinajstić information content (AvgIpc) is 3.15. The van der Waals surface area contributed by atoms with Crippen molar-refractivity contribution in [2.24, 2.45) is 0 Å². The SMILES string of the molecule is COc1cc(OC)cc(C(=O)N2CCc3c(nc4cc[nH]n4c3=O)C2)c1. The second-order valence-electron chi connectivity index (χ2n) is 6.08. The molecule has 0 fully saturated rings. The van der Waals surface area contributed by atoms with Crippen LogP contribution in [0.3, 0.4) is 0 Å². The first-order valence-electron chi connectivity index (χ1n) is 8.21. The van der Waals surface area contributed by atoms with Gasteiger partial charge in [0, 0.05) is 36.0 Å². The highest BCUT2D eigenvalue weighted by atomic mass is 16.5. The Morgan fingerprint density at radius 1 is 1.19 bits per heavy atom. The summed E-state index contributed by atoms with van der Waals surface area (Å²) in [6.07, 6.45) is 2.14. The Morgan fingerprint density at radius 2 is 1.92 bits per heavy atom. The molecule has 3 aromatic rings. The quantitative estimate of drug-likeness (QED) is 0.764. The van der Waals surface area contributed by atoms with Crippen molar-refractivity contribution in [2.75, 3.05) is 20.8 Å². The molecule has 134 valence electrons. The molecule has 1 aliphatic rings. The van der Waals surface area contributed by atoms with Gasteiger partial charge in [-0.1, -0.05) is 0 Å². The number of fused-ring (bicyclic) bond motifs is 2. The zero-order valence-corrected chi connectivity index (χ0v) is 14.5. The highest BCUT2D eigenvalue weighted by molar-refractivity contribution is 5.95. The van der Waals surface area contributed by atoms with Gasteiger partial charge in [0.05, 0.1) is 26.5 Å². The number of nitrogens with zero attached hydrogens (tertiary/aromatic N) is 3. The van der Waals surface area contributed by atoms with Crippen LogP contribution in [0.4, 0.5) is 0 Å². The van der Waals surface area contributed by atoms with E-state index in [1.54, 1.807) is 49.6 Å². The van der Waals surface area contributed by atoms with Crippen LogP contribution in [0.2, 0.25) is 0 Å². The number of aromatic nitrogens is 3. The van der Waals surface area contributed by atoms with Crippen LogP contribution in [0.5, 0.6) is 11.5 Å². The predicted molar refractivity (Wildman–Crippen MR) is 93.8 cm³/mol. The number of ether oxygens (including phenoxy) is 2. The van der Waals surface area contributed by atoms with Crippen molar-refractivity contribution in [3.05, 3.63) is 57.6 Å². The highest BCUT2D eigenvalue weighted by Crippen LogP contribution is 2.25. The van der Waals surface area contributed by atoms with Gasteiger partial charge < -0.3 is 14.4 Å². The number of rotatable bonds is 3. The third-order valence-corrected chi connectivity index (χ3v) is 4.58. The van der Waals surface area contributed by atoms with E-state index in [9.17, 15) is 9.59 Å². The molecule has 0 aliphatic carbocycles. The predicted octanol–water partition coefficient (Wildman–Crippen LogP) is 1.24. The molecule has 1 amide bonds. The first kappa shape index (κ1) is 16.2. The van der Waals surface area contributed by atoms with E-state index in [-0.39, 0.29) is 11.5 Å². The molecule has 8 nitrogen and oxygen atoms in total. The Hall–Kier alpha value is -3.29. The van der Waals surface area contributed by atoms with Gasteiger partial charge in [0.25, 0.3) is 11.5 Å². The maximum Gasteiger partial charge on any atom is 0.276 e. The molecule has 0 saturated carbocycles. The fraction of sp³-hybridized carbons (Fsp3) is 0.278. The van der Waals surface area contributed by atoms with Crippen molar-refractivity contribution in [3.8, 4) is 11.5 Å². The summed E-state index contributed by atoms with van der Waals surface area (Å²) < 4.78 is 11.9. The van der Waals surface area contributed by atoms with Crippen molar-refractivity contribution in [1.29, 1.82) is 0 Å². The van der Waals surface area contributed by atoms with Crippen LogP contribution in [0, 0.1) is 0 Å². The summed E-state index contributed by atoms with van der Waals surface area (Å²) in [5.41, 5.74) is 2.21. The molecule has 4 rings (SSSR count). The van der Waals surface area contributed by atoms with Crippen LogP contribution in [0.1, 0.15) is 21.6 Å². The molecule has 0 radical (unpaired) electrons. The van der Waals surface area contributed by atoms with Gasteiger partial charge in [0.2, 0.25) is 0 Å². The second-order valence-corrected chi connectivity index (χ2v) is 6.08. The van der Waals surface area contributed by atoms with E-state index in [1.807, 2.05) is 0 Å². The molecule has 3 heterocycles. The van der Waals surface area contributed by atoms with Gasteiger partial charge in [-0.05, 0) is 18.6 Å². The third kappa shape index (κ3) is 2.59. The van der Waals surface area contributed by atoms with Gasteiger partial charge in [0.15, 0.2) is 5.65 Å². The van der Waals surface area contributed by atoms with Gasteiger partial charge in [-0.2, -0.15) is 0 Å². The van der Waals surface area contributed by atoms with Crippen molar-refractivity contribution < 1.29 is 14.3 Å². The molecule has 0 spiro atoms. The molecule has 1 aromatic carbocycles. The summed E-state index contributed by atoms with van der Waals surface area (Å²) in [6.45, 7) is 0.750. The molecular formula is C18H18N4O4. The number of carbonyl (C=O) groups is 1. The fourth-order valence-electron chi connectivity index (χ4n) is 3.22. The van der Waals surface area contributed by atoms with Crippen molar-refractivity contribution in [2.45, 2.75) is 13.0 Å². The molecule has 0 unspecified atom stereocenters. The minimum Gasteiger partial charge on any atom is -0.497 e. The largest absolute Gasteiger partial charge is 0.497 e. The van der Waals surface area contributed by atoms with Gasteiger partial charge in [-0.25, -0.2) is 9.50 Å². The average molecular weight is 354 g/mol. The van der Waals surface area contributed by atoms with Crippen molar-refractivity contribution in [3.63, 3.8) is 0 Å². The maximum absolute atomic E-state index is 12.9. The topological polar surface area (TPSA) is 88.9 Å².